The summed E-state index contributed by atoms with van der Waals surface area (Å²) in [7, 11) is 1.83. The zero-order valence-corrected chi connectivity index (χ0v) is 14.4. The zero-order chi connectivity index (χ0) is 17.4. The van der Waals surface area contributed by atoms with Crippen LogP contribution in [0, 0.1) is 6.92 Å². The molecule has 0 aliphatic rings. The maximum atomic E-state index is 12.5. The van der Waals surface area contributed by atoms with E-state index in [1.807, 2.05) is 31.5 Å². The van der Waals surface area contributed by atoms with Gasteiger partial charge in [0, 0.05) is 42.0 Å². The van der Waals surface area contributed by atoms with Gasteiger partial charge in [0.2, 0.25) is 0 Å². The van der Waals surface area contributed by atoms with Crippen molar-refractivity contribution in [3.63, 3.8) is 0 Å². The number of rotatable bonds is 3. The number of aryl methyl sites for hydroxylation is 2. The van der Waals surface area contributed by atoms with Gasteiger partial charge in [0.25, 0.3) is 5.91 Å². The highest BCUT2D eigenvalue weighted by molar-refractivity contribution is 7.14. The van der Waals surface area contributed by atoms with E-state index in [-0.39, 0.29) is 5.91 Å². The summed E-state index contributed by atoms with van der Waals surface area (Å²) in [5, 5.41) is 10.4. The molecule has 1 amide bonds. The molecule has 4 aromatic heterocycles. The molecule has 0 bridgehead atoms. The SMILES string of the molecule is Cc1nn(C)c2ncc(C(=O)Nc3nc(-c4cccnc4)cs3)cc12. The van der Waals surface area contributed by atoms with Gasteiger partial charge in [-0.05, 0) is 25.1 Å². The number of hydrogen-bond acceptors (Lipinski definition) is 6. The van der Waals surface area contributed by atoms with E-state index in [2.05, 4.69) is 25.4 Å². The first-order valence-electron chi connectivity index (χ1n) is 7.58. The van der Waals surface area contributed by atoms with E-state index in [4.69, 9.17) is 0 Å². The molecule has 0 radical (unpaired) electrons. The molecule has 0 aliphatic carbocycles. The average molecular weight is 350 g/mol. The van der Waals surface area contributed by atoms with Crippen molar-refractivity contribution in [1.82, 2.24) is 24.7 Å². The van der Waals surface area contributed by atoms with Crippen LogP contribution in [0.15, 0.2) is 42.2 Å². The molecule has 4 rings (SSSR count). The summed E-state index contributed by atoms with van der Waals surface area (Å²) < 4.78 is 1.70. The number of carbonyl (C=O) groups excluding carboxylic acids is 1. The molecule has 0 spiro atoms. The number of aromatic nitrogens is 5. The van der Waals surface area contributed by atoms with Crippen LogP contribution in [-0.2, 0) is 7.05 Å². The molecule has 4 heterocycles. The van der Waals surface area contributed by atoms with Gasteiger partial charge < -0.3 is 0 Å². The monoisotopic (exact) mass is 350 g/mol. The lowest BCUT2D eigenvalue weighted by Gasteiger charge is -2.02. The van der Waals surface area contributed by atoms with Crippen molar-refractivity contribution in [2.24, 2.45) is 7.05 Å². The first-order valence-corrected chi connectivity index (χ1v) is 8.46. The van der Waals surface area contributed by atoms with Crippen molar-refractivity contribution in [2.45, 2.75) is 6.92 Å². The molecule has 25 heavy (non-hydrogen) atoms. The number of nitrogens with one attached hydrogen (secondary N) is 1. The molecule has 124 valence electrons. The van der Waals surface area contributed by atoms with Gasteiger partial charge in [-0.25, -0.2) is 9.97 Å². The number of amides is 1. The van der Waals surface area contributed by atoms with E-state index in [0.29, 0.717) is 10.7 Å². The van der Waals surface area contributed by atoms with Crippen molar-refractivity contribution < 1.29 is 4.79 Å². The molecule has 4 aromatic rings. The van der Waals surface area contributed by atoms with Crippen LogP contribution in [-0.4, -0.2) is 30.6 Å². The summed E-state index contributed by atoms with van der Waals surface area (Å²) in [4.78, 5) is 25.3. The number of carbonyl (C=O) groups is 1. The number of fused-ring (bicyclic) bond motifs is 1. The normalized spacial score (nSPS) is 11.0. The van der Waals surface area contributed by atoms with Crippen molar-refractivity contribution in [3.05, 3.63) is 53.4 Å². The van der Waals surface area contributed by atoms with Gasteiger partial charge in [0.15, 0.2) is 10.8 Å². The Morgan fingerprint density at radius 2 is 2.20 bits per heavy atom. The van der Waals surface area contributed by atoms with Crippen LogP contribution < -0.4 is 5.32 Å². The summed E-state index contributed by atoms with van der Waals surface area (Å²) >= 11 is 1.37. The Balaban J connectivity index is 1.58. The highest BCUT2D eigenvalue weighted by atomic mass is 32.1. The van der Waals surface area contributed by atoms with E-state index < -0.39 is 0 Å². The number of anilines is 1. The first kappa shape index (κ1) is 15.4. The van der Waals surface area contributed by atoms with Crippen LogP contribution in [0.5, 0.6) is 0 Å². The Bertz CT molecular complexity index is 1070. The minimum Gasteiger partial charge on any atom is -0.298 e. The van der Waals surface area contributed by atoms with Crippen LogP contribution >= 0.6 is 11.3 Å². The zero-order valence-electron chi connectivity index (χ0n) is 13.6. The van der Waals surface area contributed by atoms with Crippen LogP contribution in [0.2, 0.25) is 0 Å². The maximum absolute atomic E-state index is 12.5. The Morgan fingerprint density at radius 3 is 3.00 bits per heavy atom. The lowest BCUT2D eigenvalue weighted by atomic mass is 10.2. The number of hydrogen-bond donors (Lipinski definition) is 1. The minimum atomic E-state index is -0.246. The van der Waals surface area contributed by atoms with Gasteiger partial charge in [-0.2, -0.15) is 5.10 Å². The molecule has 8 heteroatoms. The molecule has 0 saturated heterocycles. The topological polar surface area (TPSA) is 85.6 Å². The average Bonchev–Trinajstić information content (AvgIpc) is 3.20. The highest BCUT2D eigenvalue weighted by Gasteiger charge is 2.13. The van der Waals surface area contributed by atoms with E-state index in [1.54, 1.807) is 29.3 Å². The van der Waals surface area contributed by atoms with Crippen LogP contribution in [0.4, 0.5) is 5.13 Å². The van der Waals surface area contributed by atoms with Gasteiger partial charge in [-0.1, -0.05) is 0 Å². The second-order valence-electron chi connectivity index (χ2n) is 5.54. The predicted octanol–water partition coefficient (Wildman–Crippen LogP) is 3.05. The summed E-state index contributed by atoms with van der Waals surface area (Å²) in [6, 6.07) is 5.58. The largest absolute Gasteiger partial charge is 0.298 e. The highest BCUT2D eigenvalue weighted by Crippen LogP contribution is 2.25. The summed E-state index contributed by atoms with van der Waals surface area (Å²) in [6.07, 6.45) is 5.00. The smallest absolute Gasteiger partial charge is 0.259 e. The molecule has 0 saturated carbocycles. The maximum Gasteiger partial charge on any atom is 0.259 e. The number of thiazole rings is 1. The third-order valence-electron chi connectivity index (χ3n) is 3.81. The standard InChI is InChI=1S/C17H14N6OS/c1-10-13-6-12(8-19-15(13)23(2)22-10)16(24)21-17-20-14(9-25-17)11-4-3-5-18-7-11/h3-9H,1-2H3,(H,20,21,24). The predicted molar refractivity (Wildman–Crippen MR) is 96.5 cm³/mol. The van der Waals surface area contributed by atoms with Gasteiger partial charge in [-0.3, -0.25) is 19.8 Å². The van der Waals surface area contributed by atoms with E-state index in [1.165, 1.54) is 11.3 Å². The molecular formula is C17H14N6OS. The Hall–Kier alpha value is -3.13. The minimum absolute atomic E-state index is 0.246. The Labute approximate surface area is 147 Å². The van der Waals surface area contributed by atoms with Crippen molar-refractivity contribution in [3.8, 4) is 11.3 Å². The first-order chi connectivity index (χ1) is 12.1. The second-order valence-corrected chi connectivity index (χ2v) is 6.40. The second kappa shape index (κ2) is 6.06. The number of pyridine rings is 2. The molecule has 0 fully saturated rings. The third kappa shape index (κ3) is 2.87. The Kier molecular flexibility index (Phi) is 3.73. The fourth-order valence-corrected chi connectivity index (χ4v) is 3.29. The third-order valence-corrected chi connectivity index (χ3v) is 4.56. The lowest BCUT2D eigenvalue weighted by molar-refractivity contribution is 0.102. The van der Waals surface area contributed by atoms with Crippen molar-refractivity contribution in [2.75, 3.05) is 5.32 Å². The number of nitrogens with zero attached hydrogens (tertiary/aromatic N) is 5. The molecule has 0 aliphatic heterocycles. The van der Waals surface area contributed by atoms with Crippen molar-refractivity contribution in [1.29, 1.82) is 0 Å². The van der Waals surface area contributed by atoms with Gasteiger partial charge in [0.05, 0.1) is 17.0 Å². The fourth-order valence-electron chi connectivity index (χ4n) is 2.58. The Morgan fingerprint density at radius 1 is 1.32 bits per heavy atom. The quantitative estimate of drug-likeness (QED) is 0.614. The lowest BCUT2D eigenvalue weighted by Crippen LogP contribution is -2.12. The molecule has 0 unspecified atom stereocenters. The molecular weight excluding hydrogens is 336 g/mol. The molecule has 0 aromatic carbocycles. The van der Waals surface area contributed by atoms with Gasteiger partial charge >= 0.3 is 0 Å². The van der Waals surface area contributed by atoms with Crippen LogP contribution in [0.3, 0.4) is 0 Å². The van der Waals surface area contributed by atoms with E-state index >= 15 is 0 Å². The summed E-state index contributed by atoms with van der Waals surface area (Å²) in [6.45, 7) is 1.90. The van der Waals surface area contributed by atoms with Gasteiger partial charge in [0.1, 0.15) is 0 Å². The summed E-state index contributed by atoms with van der Waals surface area (Å²) in [5.74, 6) is -0.246. The molecule has 7 nitrogen and oxygen atoms in total. The van der Waals surface area contributed by atoms with E-state index in [9.17, 15) is 4.79 Å². The van der Waals surface area contributed by atoms with Crippen LogP contribution in [0.25, 0.3) is 22.3 Å². The summed E-state index contributed by atoms with van der Waals surface area (Å²) in [5.41, 5.74) is 3.76. The van der Waals surface area contributed by atoms with Crippen LogP contribution in [0.1, 0.15) is 16.1 Å². The molecule has 1 N–H and O–H groups in total. The molecule has 0 atom stereocenters. The fraction of sp³-hybridized carbons (Fsp3) is 0.118. The van der Waals surface area contributed by atoms with Gasteiger partial charge in [-0.15, -0.1) is 11.3 Å². The van der Waals surface area contributed by atoms with Crippen molar-refractivity contribution >= 4 is 33.4 Å². The van der Waals surface area contributed by atoms with E-state index in [0.717, 1.165) is 28.0 Å².